The van der Waals surface area contributed by atoms with Gasteiger partial charge in [-0.2, -0.15) is 5.10 Å². The minimum atomic E-state index is -4.04. The number of rotatable bonds is 5. The maximum atomic E-state index is 13.5. The number of carbonyl (C=O) groups excluding carboxylic acids is 1. The van der Waals surface area contributed by atoms with E-state index in [4.69, 9.17) is 4.42 Å². The molecule has 0 atom stereocenters. The van der Waals surface area contributed by atoms with Crippen LogP contribution in [0.1, 0.15) is 21.7 Å². The van der Waals surface area contributed by atoms with Gasteiger partial charge in [0.25, 0.3) is 15.9 Å². The number of nitrogens with one attached hydrogen (secondary N) is 2. The van der Waals surface area contributed by atoms with E-state index in [1.54, 1.807) is 21.0 Å². The minimum absolute atomic E-state index is 0.120. The van der Waals surface area contributed by atoms with Gasteiger partial charge >= 0.3 is 0 Å². The van der Waals surface area contributed by atoms with Crippen molar-refractivity contribution in [1.82, 2.24) is 15.1 Å². The summed E-state index contributed by atoms with van der Waals surface area (Å²) in [5, 5.41) is 6.51. The average molecular weight is 406 g/mol. The first-order valence-electron chi connectivity index (χ1n) is 8.25. The zero-order valence-corrected chi connectivity index (χ0v) is 16.5. The fraction of sp³-hybridized carbons (Fsp3) is 0.222. The van der Waals surface area contributed by atoms with Crippen molar-refractivity contribution < 1.29 is 22.0 Å². The number of hydrogen-bond donors (Lipinski definition) is 2. The molecular weight excluding hydrogens is 387 g/mol. The molecule has 10 heteroatoms. The van der Waals surface area contributed by atoms with Crippen LogP contribution in [0.15, 0.2) is 39.8 Å². The quantitative estimate of drug-likeness (QED) is 0.677. The summed E-state index contributed by atoms with van der Waals surface area (Å²) in [6, 6.07) is 5.12. The predicted molar refractivity (Wildman–Crippen MR) is 101 cm³/mol. The number of halogens is 1. The van der Waals surface area contributed by atoms with Crippen molar-refractivity contribution >= 4 is 21.6 Å². The number of benzene rings is 1. The summed E-state index contributed by atoms with van der Waals surface area (Å²) in [5.41, 5.74) is 1.22. The first-order chi connectivity index (χ1) is 13.1. The molecule has 8 nitrogen and oxygen atoms in total. The highest BCUT2D eigenvalue weighted by Crippen LogP contribution is 2.31. The van der Waals surface area contributed by atoms with Gasteiger partial charge in [0.2, 0.25) is 0 Å². The van der Waals surface area contributed by atoms with Gasteiger partial charge in [-0.3, -0.25) is 14.6 Å². The number of amides is 1. The lowest BCUT2D eigenvalue weighted by Gasteiger charge is -2.09. The zero-order chi connectivity index (χ0) is 20.6. The summed E-state index contributed by atoms with van der Waals surface area (Å²) in [7, 11) is -0.861. The number of H-pyrrole nitrogens is 1. The summed E-state index contributed by atoms with van der Waals surface area (Å²) in [5.74, 6) is -0.598. The van der Waals surface area contributed by atoms with Crippen LogP contribution in [0.25, 0.3) is 11.5 Å². The molecule has 1 amide bonds. The van der Waals surface area contributed by atoms with E-state index in [1.165, 1.54) is 36.2 Å². The molecule has 3 aromatic rings. The number of aromatic amines is 1. The molecule has 28 heavy (non-hydrogen) atoms. The summed E-state index contributed by atoms with van der Waals surface area (Å²) in [4.78, 5) is 13.5. The number of sulfonamides is 1. The van der Waals surface area contributed by atoms with Gasteiger partial charge in [0.15, 0.2) is 5.76 Å². The number of carbonyl (C=O) groups is 1. The maximum Gasteiger partial charge on any atom is 0.265 e. The summed E-state index contributed by atoms with van der Waals surface area (Å²) in [6.45, 7) is 3.15. The fourth-order valence-electron chi connectivity index (χ4n) is 2.64. The van der Waals surface area contributed by atoms with Gasteiger partial charge in [-0.25, -0.2) is 12.8 Å². The lowest BCUT2D eigenvalue weighted by molar-refractivity contribution is 0.0828. The topological polar surface area (TPSA) is 108 Å². The van der Waals surface area contributed by atoms with Crippen molar-refractivity contribution in [3.05, 3.63) is 53.2 Å². The Labute approximate surface area is 161 Å². The SMILES string of the molecule is Cc1ccc(F)cc1NS(=O)(=O)c1cc(-c2[nH]ncc2C(=O)N(C)C)oc1C. The van der Waals surface area contributed by atoms with Crippen LogP contribution in [0.5, 0.6) is 0 Å². The lowest BCUT2D eigenvalue weighted by Crippen LogP contribution is -2.21. The van der Waals surface area contributed by atoms with Crippen LogP contribution < -0.4 is 4.72 Å². The van der Waals surface area contributed by atoms with Crippen LogP contribution in [-0.2, 0) is 10.0 Å². The highest BCUT2D eigenvalue weighted by molar-refractivity contribution is 7.92. The van der Waals surface area contributed by atoms with Crippen LogP contribution >= 0.6 is 0 Å². The molecule has 0 saturated carbocycles. The number of anilines is 1. The molecule has 0 aliphatic heterocycles. The standard InChI is InChI=1S/C18H19FN4O4S/c1-10-5-6-12(19)7-14(10)22-28(25,26)16-8-15(27-11(16)2)17-13(9-20-21-17)18(24)23(3)4/h5-9,22H,1-4H3,(H,20,21). The third-order valence-electron chi connectivity index (χ3n) is 4.13. The lowest BCUT2D eigenvalue weighted by atomic mass is 10.2. The van der Waals surface area contributed by atoms with Crippen molar-refractivity contribution in [2.75, 3.05) is 18.8 Å². The highest BCUT2D eigenvalue weighted by Gasteiger charge is 2.26. The number of hydrogen-bond acceptors (Lipinski definition) is 5. The smallest absolute Gasteiger partial charge is 0.265 e. The number of aromatic nitrogens is 2. The second kappa shape index (κ2) is 7.12. The van der Waals surface area contributed by atoms with Crippen molar-refractivity contribution in [2.24, 2.45) is 0 Å². The second-order valence-corrected chi connectivity index (χ2v) is 8.10. The number of furan rings is 1. The Balaban J connectivity index is 2.00. The first kappa shape index (κ1) is 19.6. The van der Waals surface area contributed by atoms with Gasteiger partial charge in [-0.05, 0) is 31.5 Å². The summed E-state index contributed by atoms with van der Waals surface area (Å²) in [6.07, 6.45) is 1.35. The molecule has 0 bridgehead atoms. The Bertz CT molecular complexity index is 1150. The van der Waals surface area contributed by atoms with Crippen molar-refractivity contribution in [1.29, 1.82) is 0 Å². The molecule has 0 radical (unpaired) electrons. The zero-order valence-electron chi connectivity index (χ0n) is 15.7. The van der Waals surface area contributed by atoms with E-state index in [0.717, 1.165) is 6.07 Å². The second-order valence-electron chi connectivity index (χ2n) is 6.45. The van der Waals surface area contributed by atoms with Crippen molar-refractivity contribution in [3.8, 4) is 11.5 Å². The van der Waals surface area contributed by atoms with Gasteiger partial charge in [-0.1, -0.05) is 6.07 Å². The Morgan fingerprint density at radius 2 is 1.96 bits per heavy atom. The largest absolute Gasteiger partial charge is 0.458 e. The maximum absolute atomic E-state index is 13.5. The van der Waals surface area contributed by atoms with E-state index in [1.807, 2.05) is 0 Å². The fourth-order valence-corrected chi connectivity index (χ4v) is 3.94. The monoisotopic (exact) mass is 406 g/mol. The van der Waals surface area contributed by atoms with Crippen LogP contribution in [-0.4, -0.2) is 43.5 Å². The van der Waals surface area contributed by atoms with Gasteiger partial charge in [0.05, 0.1) is 17.4 Å². The normalized spacial score (nSPS) is 11.5. The molecule has 3 rings (SSSR count). The van der Waals surface area contributed by atoms with Crippen molar-refractivity contribution in [3.63, 3.8) is 0 Å². The van der Waals surface area contributed by atoms with Crippen LogP contribution in [0.2, 0.25) is 0 Å². The third-order valence-corrected chi connectivity index (χ3v) is 5.60. The van der Waals surface area contributed by atoms with E-state index in [0.29, 0.717) is 5.56 Å². The van der Waals surface area contributed by atoms with Gasteiger partial charge in [0.1, 0.15) is 22.2 Å². The van der Waals surface area contributed by atoms with Crippen LogP contribution in [0, 0.1) is 19.7 Å². The molecule has 0 fully saturated rings. The Hall–Kier alpha value is -3.14. The Morgan fingerprint density at radius 1 is 1.25 bits per heavy atom. The molecule has 2 heterocycles. The molecule has 148 valence electrons. The molecule has 2 aromatic heterocycles. The molecule has 0 unspecified atom stereocenters. The molecular formula is C18H19FN4O4S. The van der Waals surface area contributed by atoms with Crippen LogP contribution in [0.3, 0.4) is 0 Å². The van der Waals surface area contributed by atoms with E-state index >= 15 is 0 Å². The number of aryl methyl sites for hydroxylation is 2. The van der Waals surface area contributed by atoms with E-state index in [2.05, 4.69) is 14.9 Å². The molecule has 0 aliphatic rings. The minimum Gasteiger partial charge on any atom is -0.458 e. The van der Waals surface area contributed by atoms with Crippen molar-refractivity contribution in [2.45, 2.75) is 18.7 Å². The van der Waals surface area contributed by atoms with Gasteiger partial charge in [0, 0.05) is 20.2 Å². The molecule has 0 spiro atoms. The Morgan fingerprint density at radius 3 is 2.64 bits per heavy atom. The van der Waals surface area contributed by atoms with Gasteiger partial charge < -0.3 is 9.32 Å². The third kappa shape index (κ3) is 3.63. The van der Waals surface area contributed by atoms with E-state index < -0.39 is 15.8 Å². The van der Waals surface area contributed by atoms with Gasteiger partial charge in [-0.15, -0.1) is 0 Å². The summed E-state index contributed by atoms with van der Waals surface area (Å²) >= 11 is 0. The summed E-state index contributed by atoms with van der Waals surface area (Å²) < 4.78 is 47.0. The van der Waals surface area contributed by atoms with Crippen LogP contribution in [0.4, 0.5) is 10.1 Å². The average Bonchev–Trinajstić information content (AvgIpc) is 3.23. The molecule has 0 aliphatic carbocycles. The first-order valence-corrected chi connectivity index (χ1v) is 9.73. The Kier molecular flexibility index (Phi) is 4.99. The highest BCUT2D eigenvalue weighted by atomic mass is 32.2. The van der Waals surface area contributed by atoms with E-state index in [9.17, 15) is 17.6 Å². The molecule has 0 saturated heterocycles. The van der Waals surface area contributed by atoms with E-state index in [-0.39, 0.29) is 39.3 Å². The molecule has 2 N–H and O–H groups in total. The molecule has 1 aromatic carbocycles. The predicted octanol–water partition coefficient (Wildman–Crippen LogP) is 2.93. The number of nitrogens with zero attached hydrogens (tertiary/aromatic N) is 2.